The van der Waals surface area contributed by atoms with Crippen LogP contribution in [0.1, 0.15) is 213 Å². The lowest BCUT2D eigenvalue weighted by Crippen LogP contribution is -2.30. The van der Waals surface area contributed by atoms with E-state index in [-0.39, 0.29) is 31.1 Å². The van der Waals surface area contributed by atoms with Gasteiger partial charge in [0.15, 0.2) is 6.10 Å². The van der Waals surface area contributed by atoms with Crippen molar-refractivity contribution in [1.82, 2.24) is 0 Å². The Morgan fingerprint density at radius 2 is 0.603 bits per heavy atom. The largest absolute Gasteiger partial charge is 0.462 e. The SMILES string of the molecule is CCC\C=C/C=C\C=C/C=C\C=C/CCCCCCCC(=O)OCC(COC(=O)CCCCCCCCCCC)OC(=O)CCCCCCC\C=C/C=C\C=C/C=C\CCCCC. The minimum absolute atomic E-state index is 0.0975. The van der Waals surface area contributed by atoms with E-state index < -0.39 is 6.10 Å². The van der Waals surface area contributed by atoms with Crippen molar-refractivity contribution in [3.8, 4) is 0 Å². The van der Waals surface area contributed by atoms with Crippen molar-refractivity contribution in [2.24, 2.45) is 0 Å². The van der Waals surface area contributed by atoms with E-state index in [4.69, 9.17) is 14.2 Å². The molecule has 0 rings (SSSR count). The second-order valence-electron chi connectivity index (χ2n) is 16.6. The van der Waals surface area contributed by atoms with E-state index in [1.54, 1.807) is 0 Å². The minimum atomic E-state index is -0.801. The lowest BCUT2D eigenvalue weighted by atomic mass is 10.1. The van der Waals surface area contributed by atoms with Crippen molar-refractivity contribution in [3.05, 3.63) is 109 Å². The summed E-state index contributed by atoms with van der Waals surface area (Å²) >= 11 is 0. The van der Waals surface area contributed by atoms with Crippen molar-refractivity contribution >= 4 is 17.9 Å². The van der Waals surface area contributed by atoms with Gasteiger partial charge >= 0.3 is 17.9 Å². The Kier molecular flexibility index (Phi) is 47.5. The van der Waals surface area contributed by atoms with Gasteiger partial charge in [0.25, 0.3) is 0 Å². The fourth-order valence-electron chi connectivity index (χ4n) is 6.60. The van der Waals surface area contributed by atoms with Gasteiger partial charge in [-0.3, -0.25) is 14.4 Å². The van der Waals surface area contributed by atoms with Gasteiger partial charge in [-0.1, -0.05) is 239 Å². The summed E-state index contributed by atoms with van der Waals surface area (Å²) in [7, 11) is 0. The second kappa shape index (κ2) is 50.7. The van der Waals surface area contributed by atoms with Gasteiger partial charge in [-0.2, -0.15) is 0 Å². The van der Waals surface area contributed by atoms with Crippen LogP contribution in [0.2, 0.25) is 0 Å². The summed E-state index contributed by atoms with van der Waals surface area (Å²) in [5, 5.41) is 0. The first-order valence-corrected chi connectivity index (χ1v) is 25.5. The molecule has 6 heteroatoms. The molecular formula is C57H92O6. The van der Waals surface area contributed by atoms with Crippen LogP contribution < -0.4 is 0 Å². The number of ether oxygens (including phenoxy) is 3. The molecule has 0 aromatic heterocycles. The summed E-state index contributed by atoms with van der Waals surface area (Å²) < 4.78 is 16.7. The number of hydrogen-bond donors (Lipinski definition) is 0. The maximum atomic E-state index is 12.8. The Balaban J connectivity index is 4.47. The molecule has 0 aliphatic rings. The van der Waals surface area contributed by atoms with Gasteiger partial charge in [-0.05, 0) is 64.2 Å². The predicted octanol–water partition coefficient (Wildman–Crippen LogP) is 16.8. The smallest absolute Gasteiger partial charge is 0.306 e. The lowest BCUT2D eigenvalue weighted by molar-refractivity contribution is -0.167. The number of esters is 3. The Morgan fingerprint density at radius 3 is 0.984 bits per heavy atom. The standard InChI is InChI=1S/C57H92O6/c1-4-7-10-13-16-19-21-23-25-27-29-31-33-35-38-41-44-47-50-56(59)62-53-54(52-61-55(58)49-46-43-40-37-18-15-12-9-6-3)63-57(60)51-48-45-42-39-36-34-32-30-28-26-24-22-20-17-14-11-8-5-2/h10,13,16-17,19-32,54H,4-9,11-12,14-15,18,33-53H2,1-3H3/b13-10-,19-16-,20-17-,23-21-,24-22-,27-25-,28-26-,31-29-,32-30-. The zero-order chi connectivity index (χ0) is 45.8. The van der Waals surface area contributed by atoms with Crippen molar-refractivity contribution in [2.75, 3.05) is 13.2 Å². The van der Waals surface area contributed by atoms with Gasteiger partial charge in [-0.15, -0.1) is 0 Å². The number of carbonyl (C=O) groups is 3. The van der Waals surface area contributed by atoms with E-state index in [9.17, 15) is 14.4 Å². The molecule has 0 aliphatic carbocycles. The molecule has 356 valence electrons. The molecule has 0 saturated heterocycles. The van der Waals surface area contributed by atoms with Gasteiger partial charge in [0.1, 0.15) is 13.2 Å². The molecule has 0 fully saturated rings. The summed E-state index contributed by atoms with van der Waals surface area (Å²) in [4.78, 5) is 37.9. The maximum Gasteiger partial charge on any atom is 0.306 e. The van der Waals surface area contributed by atoms with E-state index in [1.165, 1.54) is 64.2 Å². The number of hydrogen-bond acceptors (Lipinski definition) is 6. The summed E-state index contributed by atoms with van der Waals surface area (Å²) in [5.41, 5.74) is 0. The van der Waals surface area contributed by atoms with Crippen LogP contribution in [0.3, 0.4) is 0 Å². The average molecular weight is 873 g/mol. The Morgan fingerprint density at radius 1 is 0.317 bits per heavy atom. The van der Waals surface area contributed by atoms with Crippen LogP contribution in [0, 0.1) is 0 Å². The molecule has 0 spiro atoms. The first-order chi connectivity index (χ1) is 31.0. The van der Waals surface area contributed by atoms with Gasteiger partial charge in [-0.25, -0.2) is 0 Å². The molecule has 0 N–H and O–H groups in total. The van der Waals surface area contributed by atoms with Crippen LogP contribution in [0.4, 0.5) is 0 Å². The van der Waals surface area contributed by atoms with Crippen LogP contribution in [0.15, 0.2) is 109 Å². The summed E-state index contributed by atoms with van der Waals surface area (Å²) in [6.07, 6.45) is 67.7. The Hall–Kier alpha value is -3.93. The number of allylic oxidation sites excluding steroid dienone is 18. The summed E-state index contributed by atoms with van der Waals surface area (Å²) in [5.74, 6) is -0.955. The number of unbranched alkanes of at least 4 members (excludes halogenated alkanes) is 22. The van der Waals surface area contributed by atoms with Crippen molar-refractivity contribution in [3.63, 3.8) is 0 Å². The van der Waals surface area contributed by atoms with Gasteiger partial charge in [0, 0.05) is 19.3 Å². The van der Waals surface area contributed by atoms with Gasteiger partial charge in [0.2, 0.25) is 0 Å². The third-order valence-electron chi connectivity index (χ3n) is 10.5. The molecule has 0 radical (unpaired) electrons. The normalized spacial score (nSPS) is 13.0. The summed E-state index contributed by atoms with van der Waals surface area (Å²) in [6, 6.07) is 0. The van der Waals surface area contributed by atoms with Crippen LogP contribution in [-0.2, 0) is 28.6 Å². The van der Waals surface area contributed by atoms with Crippen LogP contribution in [0.25, 0.3) is 0 Å². The fourth-order valence-corrected chi connectivity index (χ4v) is 6.60. The fraction of sp³-hybridized carbons (Fsp3) is 0.632. The van der Waals surface area contributed by atoms with Crippen LogP contribution in [0.5, 0.6) is 0 Å². The van der Waals surface area contributed by atoms with Crippen molar-refractivity contribution in [1.29, 1.82) is 0 Å². The molecule has 0 bridgehead atoms. The molecule has 0 aromatic carbocycles. The molecule has 0 amide bonds. The Bertz CT molecular complexity index is 1330. The molecule has 0 aliphatic heterocycles. The van der Waals surface area contributed by atoms with Gasteiger partial charge < -0.3 is 14.2 Å². The zero-order valence-corrected chi connectivity index (χ0v) is 40.5. The van der Waals surface area contributed by atoms with Gasteiger partial charge in [0.05, 0.1) is 0 Å². The van der Waals surface area contributed by atoms with Crippen LogP contribution in [-0.4, -0.2) is 37.2 Å². The monoisotopic (exact) mass is 873 g/mol. The molecule has 0 saturated carbocycles. The molecule has 6 nitrogen and oxygen atoms in total. The molecule has 0 heterocycles. The first-order valence-electron chi connectivity index (χ1n) is 25.5. The predicted molar refractivity (Wildman–Crippen MR) is 270 cm³/mol. The van der Waals surface area contributed by atoms with E-state index in [0.29, 0.717) is 19.3 Å². The summed E-state index contributed by atoms with van der Waals surface area (Å²) in [6.45, 7) is 6.43. The molecule has 1 unspecified atom stereocenters. The van der Waals surface area contributed by atoms with E-state index >= 15 is 0 Å². The third-order valence-corrected chi connectivity index (χ3v) is 10.5. The second-order valence-corrected chi connectivity index (χ2v) is 16.6. The number of rotatable bonds is 44. The van der Waals surface area contributed by atoms with E-state index in [0.717, 1.165) is 109 Å². The highest BCUT2D eigenvalue weighted by Crippen LogP contribution is 2.13. The van der Waals surface area contributed by atoms with E-state index in [1.807, 2.05) is 30.4 Å². The molecule has 63 heavy (non-hydrogen) atoms. The molecular weight excluding hydrogens is 781 g/mol. The topological polar surface area (TPSA) is 78.9 Å². The zero-order valence-electron chi connectivity index (χ0n) is 40.5. The highest BCUT2D eigenvalue weighted by Gasteiger charge is 2.19. The van der Waals surface area contributed by atoms with Crippen molar-refractivity contribution < 1.29 is 28.6 Å². The lowest BCUT2D eigenvalue weighted by Gasteiger charge is -2.18. The Labute approximate surface area is 387 Å². The first kappa shape index (κ1) is 59.1. The highest BCUT2D eigenvalue weighted by atomic mass is 16.6. The third kappa shape index (κ3) is 49.0. The molecule has 0 aromatic rings. The minimum Gasteiger partial charge on any atom is -0.462 e. The average Bonchev–Trinajstić information content (AvgIpc) is 3.28. The number of carbonyl (C=O) groups excluding carboxylic acids is 3. The van der Waals surface area contributed by atoms with E-state index in [2.05, 4.69) is 99.8 Å². The highest BCUT2D eigenvalue weighted by molar-refractivity contribution is 5.71. The quantitative estimate of drug-likeness (QED) is 0.0263. The molecule has 1 atom stereocenters. The maximum absolute atomic E-state index is 12.8. The van der Waals surface area contributed by atoms with Crippen molar-refractivity contribution in [2.45, 2.75) is 219 Å². The van der Waals surface area contributed by atoms with Crippen LogP contribution >= 0.6 is 0 Å².